The van der Waals surface area contributed by atoms with Gasteiger partial charge in [-0.05, 0) is 63.1 Å². The van der Waals surface area contributed by atoms with Crippen LogP contribution in [-0.4, -0.2) is 32.9 Å². The maximum atomic E-state index is 12.7. The van der Waals surface area contributed by atoms with Crippen LogP contribution in [0.15, 0.2) is 47.4 Å². The highest BCUT2D eigenvalue weighted by Crippen LogP contribution is 2.21. The minimum atomic E-state index is -3.89. The zero-order chi connectivity index (χ0) is 20.9. The maximum Gasteiger partial charge on any atom is 0.339 e. The number of sulfonamides is 1. The molecule has 2 aromatic rings. The number of hydrogen-bond donors (Lipinski definition) is 2. The minimum absolute atomic E-state index is 0.0720. The summed E-state index contributed by atoms with van der Waals surface area (Å²) in [6.07, 6.45) is -0.988. The lowest BCUT2D eigenvalue weighted by Crippen LogP contribution is -2.35. The van der Waals surface area contributed by atoms with E-state index in [1.54, 1.807) is 32.0 Å². The summed E-state index contributed by atoms with van der Waals surface area (Å²) in [5, 5.41) is 2.56. The largest absolute Gasteiger partial charge is 0.449 e. The number of anilines is 1. The molecule has 1 atom stereocenters. The fourth-order valence-corrected chi connectivity index (χ4v) is 3.58. The first-order chi connectivity index (χ1) is 13.1. The van der Waals surface area contributed by atoms with Crippen molar-refractivity contribution in [2.75, 3.05) is 11.3 Å². The van der Waals surface area contributed by atoms with Gasteiger partial charge in [-0.3, -0.25) is 9.52 Å². The van der Waals surface area contributed by atoms with Crippen LogP contribution >= 0.6 is 0 Å². The molecule has 0 spiro atoms. The van der Waals surface area contributed by atoms with Crippen LogP contribution in [0, 0.1) is 13.8 Å². The molecule has 1 amide bonds. The van der Waals surface area contributed by atoms with Crippen LogP contribution in [0.2, 0.25) is 0 Å². The number of rotatable bonds is 7. The summed E-state index contributed by atoms with van der Waals surface area (Å²) in [4.78, 5) is 24.1. The molecule has 0 aliphatic carbocycles. The van der Waals surface area contributed by atoms with Crippen LogP contribution < -0.4 is 10.0 Å². The molecule has 28 heavy (non-hydrogen) atoms. The lowest BCUT2D eigenvalue weighted by atomic mass is 10.1. The zero-order valence-corrected chi connectivity index (χ0v) is 17.1. The van der Waals surface area contributed by atoms with Gasteiger partial charge in [0, 0.05) is 12.2 Å². The van der Waals surface area contributed by atoms with Crippen molar-refractivity contribution in [2.24, 2.45) is 0 Å². The maximum absolute atomic E-state index is 12.7. The molecule has 0 fully saturated rings. The third-order valence-corrected chi connectivity index (χ3v) is 5.39. The highest BCUT2D eigenvalue weighted by atomic mass is 32.2. The number of hydrogen-bond acceptors (Lipinski definition) is 5. The standard InChI is InChI=1S/C20H24N2O5S/c1-5-21-19(23)15(4)27-20(24)18-12-17(10-9-14(18)3)28(25,26)22-16-8-6-7-13(2)11-16/h6-12,15,22H,5H2,1-4H3,(H,21,23)/t15-/m1/s1. The second-order valence-electron chi connectivity index (χ2n) is 6.39. The molecule has 2 aromatic carbocycles. The Kier molecular flexibility index (Phi) is 6.80. The summed E-state index contributed by atoms with van der Waals surface area (Å²) in [6, 6.07) is 11.1. The molecule has 0 bridgehead atoms. The van der Waals surface area contributed by atoms with Gasteiger partial charge in [0.05, 0.1) is 10.5 Å². The molecule has 0 radical (unpaired) electrons. The number of esters is 1. The Bertz CT molecular complexity index is 986. The van der Waals surface area contributed by atoms with Crippen molar-refractivity contribution in [3.05, 3.63) is 59.2 Å². The number of benzene rings is 2. The van der Waals surface area contributed by atoms with Crippen molar-refractivity contribution in [2.45, 2.75) is 38.7 Å². The minimum Gasteiger partial charge on any atom is -0.449 e. The number of amides is 1. The van der Waals surface area contributed by atoms with E-state index in [2.05, 4.69) is 10.0 Å². The lowest BCUT2D eigenvalue weighted by Gasteiger charge is -2.15. The zero-order valence-electron chi connectivity index (χ0n) is 16.3. The quantitative estimate of drug-likeness (QED) is 0.691. The highest BCUT2D eigenvalue weighted by Gasteiger charge is 2.22. The topological polar surface area (TPSA) is 102 Å². The molecule has 0 aromatic heterocycles. The first-order valence-corrected chi connectivity index (χ1v) is 10.3. The van der Waals surface area contributed by atoms with E-state index < -0.39 is 28.0 Å². The van der Waals surface area contributed by atoms with Crippen molar-refractivity contribution in [3.63, 3.8) is 0 Å². The summed E-state index contributed by atoms with van der Waals surface area (Å²) < 4.78 is 33.0. The van der Waals surface area contributed by atoms with Crippen LogP contribution in [0.4, 0.5) is 5.69 Å². The number of ether oxygens (including phenoxy) is 1. The van der Waals surface area contributed by atoms with Gasteiger partial charge in [0.25, 0.3) is 15.9 Å². The molecule has 0 aliphatic heterocycles. The van der Waals surface area contributed by atoms with Gasteiger partial charge in [-0.1, -0.05) is 18.2 Å². The smallest absolute Gasteiger partial charge is 0.339 e. The van der Waals surface area contributed by atoms with Crippen LogP contribution in [0.3, 0.4) is 0 Å². The van der Waals surface area contributed by atoms with Crippen molar-refractivity contribution in [1.82, 2.24) is 5.32 Å². The Morgan fingerprint density at radius 3 is 2.46 bits per heavy atom. The van der Waals surface area contributed by atoms with Crippen LogP contribution in [0.25, 0.3) is 0 Å². The molecule has 0 aliphatic rings. The summed E-state index contributed by atoms with van der Waals surface area (Å²) in [6.45, 7) is 7.15. The first kappa shape index (κ1) is 21.4. The fourth-order valence-electron chi connectivity index (χ4n) is 2.51. The Balaban J connectivity index is 2.26. The van der Waals surface area contributed by atoms with Crippen molar-refractivity contribution in [1.29, 1.82) is 0 Å². The van der Waals surface area contributed by atoms with E-state index in [0.29, 0.717) is 17.8 Å². The van der Waals surface area contributed by atoms with E-state index in [0.717, 1.165) is 5.56 Å². The molecule has 0 saturated carbocycles. The SMILES string of the molecule is CCNC(=O)[C@@H](C)OC(=O)c1cc(S(=O)(=O)Nc2cccc(C)c2)ccc1C. The molecule has 2 rings (SSSR count). The normalized spacial score (nSPS) is 12.1. The average Bonchev–Trinajstić information content (AvgIpc) is 2.61. The van der Waals surface area contributed by atoms with Crippen LogP contribution in [0.1, 0.15) is 35.3 Å². The van der Waals surface area contributed by atoms with Crippen LogP contribution in [-0.2, 0) is 19.6 Å². The second kappa shape index (κ2) is 8.88. The Morgan fingerprint density at radius 2 is 1.82 bits per heavy atom. The fraction of sp³-hybridized carbons (Fsp3) is 0.300. The van der Waals surface area contributed by atoms with Crippen molar-refractivity contribution < 1.29 is 22.7 Å². The van der Waals surface area contributed by atoms with Gasteiger partial charge < -0.3 is 10.1 Å². The van der Waals surface area contributed by atoms with Gasteiger partial charge in [0.15, 0.2) is 6.10 Å². The monoisotopic (exact) mass is 404 g/mol. The number of nitrogens with one attached hydrogen (secondary N) is 2. The Labute approximate surface area is 165 Å². The number of likely N-dealkylation sites (N-methyl/N-ethyl adjacent to an activating group) is 1. The highest BCUT2D eigenvalue weighted by molar-refractivity contribution is 7.92. The molecule has 7 nitrogen and oxygen atoms in total. The Hall–Kier alpha value is -2.87. The van der Waals surface area contributed by atoms with Crippen LogP contribution in [0.5, 0.6) is 0 Å². The third kappa shape index (κ3) is 5.32. The molecule has 8 heteroatoms. The summed E-state index contributed by atoms with van der Waals surface area (Å²) in [7, 11) is -3.89. The third-order valence-electron chi connectivity index (χ3n) is 4.01. The molecule has 150 valence electrons. The van der Waals surface area contributed by atoms with Gasteiger partial charge in [0.2, 0.25) is 0 Å². The molecular weight excluding hydrogens is 380 g/mol. The van der Waals surface area contributed by atoms with E-state index in [1.807, 2.05) is 13.0 Å². The van der Waals surface area contributed by atoms with Gasteiger partial charge in [-0.25, -0.2) is 13.2 Å². The summed E-state index contributed by atoms with van der Waals surface area (Å²) in [5.41, 5.74) is 1.97. The number of carbonyl (C=O) groups is 2. The molecular formula is C20H24N2O5S. The van der Waals surface area contributed by atoms with Crippen molar-refractivity contribution in [3.8, 4) is 0 Å². The molecule has 2 N–H and O–H groups in total. The number of aryl methyl sites for hydroxylation is 2. The van der Waals surface area contributed by atoms with E-state index >= 15 is 0 Å². The molecule has 0 saturated heterocycles. The summed E-state index contributed by atoms with van der Waals surface area (Å²) >= 11 is 0. The average molecular weight is 404 g/mol. The number of carbonyl (C=O) groups excluding carboxylic acids is 2. The Morgan fingerprint density at radius 1 is 1.11 bits per heavy atom. The lowest BCUT2D eigenvalue weighted by molar-refractivity contribution is -0.128. The van der Waals surface area contributed by atoms with Gasteiger partial charge in [-0.15, -0.1) is 0 Å². The first-order valence-electron chi connectivity index (χ1n) is 8.83. The van der Waals surface area contributed by atoms with Gasteiger partial charge >= 0.3 is 5.97 Å². The predicted molar refractivity (Wildman–Crippen MR) is 107 cm³/mol. The van der Waals surface area contributed by atoms with E-state index in [-0.39, 0.29) is 10.5 Å². The van der Waals surface area contributed by atoms with Gasteiger partial charge in [0.1, 0.15) is 0 Å². The van der Waals surface area contributed by atoms with E-state index in [9.17, 15) is 18.0 Å². The second-order valence-corrected chi connectivity index (χ2v) is 8.08. The van der Waals surface area contributed by atoms with E-state index in [4.69, 9.17) is 4.74 Å². The summed E-state index contributed by atoms with van der Waals surface area (Å²) in [5.74, 6) is -1.18. The van der Waals surface area contributed by atoms with Crippen molar-refractivity contribution >= 4 is 27.6 Å². The molecule has 0 heterocycles. The van der Waals surface area contributed by atoms with E-state index in [1.165, 1.54) is 25.1 Å². The molecule has 0 unspecified atom stereocenters. The van der Waals surface area contributed by atoms with Gasteiger partial charge in [-0.2, -0.15) is 0 Å². The predicted octanol–water partition coefficient (Wildman–Crippen LogP) is 2.79.